The average Bonchev–Trinajstić information content (AvgIpc) is 3.50. The summed E-state index contributed by atoms with van der Waals surface area (Å²) in [5.41, 5.74) is 19.8. The number of hydrogen-bond donors (Lipinski definition) is 0. The van der Waals surface area contributed by atoms with Crippen LogP contribution in [0, 0.1) is 20.8 Å². The van der Waals surface area contributed by atoms with Crippen molar-refractivity contribution in [2.75, 3.05) is 9.80 Å². The summed E-state index contributed by atoms with van der Waals surface area (Å²) in [5.74, 6) is 0. The highest BCUT2D eigenvalue weighted by molar-refractivity contribution is 5.80. The Kier molecular flexibility index (Phi) is 13.6. The third kappa shape index (κ3) is 10.9. The third-order valence-electron chi connectivity index (χ3n) is 11.1. The maximum absolute atomic E-state index is 4.42. The molecule has 0 bridgehead atoms. The monoisotopic (exact) mass is 792 g/mol. The van der Waals surface area contributed by atoms with E-state index in [4.69, 9.17) is 0 Å². The largest absolute Gasteiger partial charge is 0.311 e. The van der Waals surface area contributed by atoms with Gasteiger partial charge in [0.25, 0.3) is 0 Å². The maximum atomic E-state index is 4.42. The standard InChI is InChI=1S/C59H56N2/c1-8-52(28-19-47(6)48(7)42-51-26-40-59(41-27-51)60(55-32-13-44(3)14-33-55)54-11-9-10-43(2)12-31-54)53-29-22-49(23-30-53)20-21-50-24-38-58(39-25-50)61(56-34-15-45(4)16-35-56)57-36-17-46(5)18-37-57/h8-9,11-42H,6,10H2,1-5,7H3/b21-20+,28-19-,48-42+,52-8+. The highest BCUT2D eigenvalue weighted by Gasteiger charge is 2.15. The van der Waals surface area contributed by atoms with Gasteiger partial charge in [0.2, 0.25) is 0 Å². The van der Waals surface area contributed by atoms with Gasteiger partial charge < -0.3 is 9.80 Å². The highest BCUT2D eigenvalue weighted by atomic mass is 15.1. The van der Waals surface area contributed by atoms with E-state index in [0.29, 0.717) is 0 Å². The number of rotatable bonds is 13. The normalized spacial score (nSPS) is 13.3. The van der Waals surface area contributed by atoms with Crippen LogP contribution in [0.15, 0.2) is 217 Å². The van der Waals surface area contributed by atoms with E-state index < -0.39 is 0 Å². The van der Waals surface area contributed by atoms with Crippen molar-refractivity contribution in [2.45, 2.75) is 48.0 Å². The lowest BCUT2D eigenvalue weighted by atomic mass is 10.00. The molecule has 1 aliphatic carbocycles. The van der Waals surface area contributed by atoms with Crippen molar-refractivity contribution in [2.24, 2.45) is 0 Å². The highest BCUT2D eigenvalue weighted by Crippen LogP contribution is 2.36. The van der Waals surface area contributed by atoms with Crippen LogP contribution in [0.1, 0.15) is 66.1 Å². The van der Waals surface area contributed by atoms with Gasteiger partial charge in [-0.05, 0) is 160 Å². The topological polar surface area (TPSA) is 6.48 Å². The summed E-state index contributed by atoms with van der Waals surface area (Å²) < 4.78 is 0. The molecular weight excluding hydrogens is 737 g/mol. The first-order valence-electron chi connectivity index (χ1n) is 21.2. The molecule has 6 aromatic rings. The van der Waals surface area contributed by atoms with Crippen LogP contribution in [0.5, 0.6) is 0 Å². The van der Waals surface area contributed by atoms with Gasteiger partial charge in [0, 0.05) is 34.1 Å². The molecule has 0 amide bonds. The van der Waals surface area contributed by atoms with E-state index in [1.165, 1.54) is 27.8 Å². The molecule has 0 fully saturated rings. The zero-order chi connectivity index (χ0) is 42.7. The van der Waals surface area contributed by atoms with Gasteiger partial charge in [0.05, 0.1) is 0 Å². The molecule has 0 saturated carbocycles. The van der Waals surface area contributed by atoms with E-state index in [1.54, 1.807) is 0 Å². The van der Waals surface area contributed by atoms with Crippen LogP contribution in [-0.4, -0.2) is 0 Å². The van der Waals surface area contributed by atoms with Gasteiger partial charge in [-0.3, -0.25) is 0 Å². The fourth-order valence-corrected chi connectivity index (χ4v) is 7.30. The van der Waals surface area contributed by atoms with E-state index in [0.717, 1.165) is 74.0 Å². The van der Waals surface area contributed by atoms with Crippen LogP contribution in [0.25, 0.3) is 23.8 Å². The van der Waals surface area contributed by atoms with Crippen LogP contribution < -0.4 is 9.80 Å². The minimum atomic E-state index is 0.963. The Morgan fingerprint density at radius 2 is 0.934 bits per heavy atom. The van der Waals surface area contributed by atoms with Crippen LogP contribution in [-0.2, 0) is 0 Å². The van der Waals surface area contributed by atoms with Crippen molar-refractivity contribution in [1.82, 2.24) is 0 Å². The number of anilines is 5. The van der Waals surface area contributed by atoms with Gasteiger partial charge in [-0.2, -0.15) is 0 Å². The molecule has 0 atom stereocenters. The molecule has 0 saturated heterocycles. The maximum Gasteiger partial charge on any atom is 0.0462 e. The van der Waals surface area contributed by atoms with E-state index >= 15 is 0 Å². The Bertz CT molecular complexity index is 2610. The summed E-state index contributed by atoms with van der Waals surface area (Å²) >= 11 is 0. The van der Waals surface area contributed by atoms with Crippen molar-refractivity contribution in [3.8, 4) is 0 Å². The Balaban J connectivity index is 0.995. The molecule has 0 unspecified atom stereocenters. The zero-order valence-corrected chi connectivity index (χ0v) is 36.4. The number of aryl methyl sites for hydroxylation is 3. The molecule has 0 aliphatic heterocycles. The molecule has 0 heterocycles. The fraction of sp³-hybridized carbons (Fsp3) is 0.119. The van der Waals surface area contributed by atoms with Gasteiger partial charge >= 0.3 is 0 Å². The number of hydrogen-bond acceptors (Lipinski definition) is 2. The van der Waals surface area contributed by atoms with Gasteiger partial charge in [-0.15, -0.1) is 0 Å². The van der Waals surface area contributed by atoms with Crippen LogP contribution in [0.4, 0.5) is 28.4 Å². The Morgan fingerprint density at radius 3 is 1.41 bits per heavy atom. The van der Waals surface area contributed by atoms with Gasteiger partial charge in [0.15, 0.2) is 0 Å². The van der Waals surface area contributed by atoms with E-state index in [2.05, 4.69) is 264 Å². The van der Waals surface area contributed by atoms with Crippen molar-refractivity contribution in [3.05, 3.63) is 256 Å². The number of nitrogens with zero attached hydrogens (tertiary/aromatic N) is 2. The predicted molar refractivity (Wildman–Crippen MR) is 267 cm³/mol. The molecule has 0 spiro atoms. The van der Waals surface area contributed by atoms with Crippen molar-refractivity contribution in [1.29, 1.82) is 0 Å². The quantitative estimate of drug-likeness (QED) is 0.0849. The third-order valence-corrected chi connectivity index (χ3v) is 11.1. The molecule has 6 aromatic carbocycles. The molecule has 302 valence electrons. The second-order valence-corrected chi connectivity index (χ2v) is 16.0. The van der Waals surface area contributed by atoms with Crippen LogP contribution in [0.3, 0.4) is 0 Å². The SMILES string of the molecule is C=C(/C=C\C(=C/C)c1ccc(/C=C/c2ccc(N(c3ccc(C)cc3)c3ccc(C)cc3)cc2)cc1)/C(C)=C/c1ccc(N(C2=CC=C(C)CC=C2)c2ccc(C)cc2)cc1. The van der Waals surface area contributed by atoms with Gasteiger partial charge in [-0.1, -0.05) is 162 Å². The lowest BCUT2D eigenvalue weighted by Gasteiger charge is -2.26. The summed E-state index contributed by atoms with van der Waals surface area (Å²) in [7, 11) is 0. The Morgan fingerprint density at radius 1 is 0.508 bits per heavy atom. The summed E-state index contributed by atoms with van der Waals surface area (Å²) in [5, 5.41) is 0. The number of allylic oxidation sites excluding steroid dienone is 11. The van der Waals surface area contributed by atoms with Gasteiger partial charge in [-0.25, -0.2) is 0 Å². The second-order valence-electron chi connectivity index (χ2n) is 16.0. The van der Waals surface area contributed by atoms with Crippen LogP contribution in [0.2, 0.25) is 0 Å². The summed E-state index contributed by atoms with van der Waals surface area (Å²) in [4.78, 5) is 4.62. The first-order valence-corrected chi connectivity index (χ1v) is 21.2. The molecule has 0 aromatic heterocycles. The molecule has 1 aliphatic rings. The first kappa shape index (κ1) is 42.0. The van der Waals surface area contributed by atoms with Gasteiger partial charge in [0.1, 0.15) is 0 Å². The first-order chi connectivity index (χ1) is 29.6. The molecule has 0 radical (unpaired) electrons. The van der Waals surface area contributed by atoms with Crippen LogP contribution >= 0.6 is 0 Å². The summed E-state index contributed by atoms with van der Waals surface area (Å²) in [6.45, 7) is 17.2. The minimum absolute atomic E-state index is 0.963. The number of benzene rings is 6. The summed E-state index contributed by atoms with van der Waals surface area (Å²) in [6, 6.07) is 52.4. The Hall–Kier alpha value is -7.16. The second kappa shape index (κ2) is 19.7. The van der Waals surface area contributed by atoms with E-state index in [1.807, 2.05) is 0 Å². The van der Waals surface area contributed by atoms with Crippen molar-refractivity contribution >= 4 is 52.2 Å². The minimum Gasteiger partial charge on any atom is -0.311 e. The Labute approximate surface area is 364 Å². The van der Waals surface area contributed by atoms with Crippen molar-refractivity contribution in [3.63, 3.8) is 0 Å². The average molecular weight is 793 g/mol. The van der Waals surface area contributed by atoms with E-state index in [-0.39, 0.29) is 0 Å². The predicted octanol–water partition coefficient (Wildman–Crippen LogP) is 16.8. The zero-order valence-electron chi connectivity index (χ0n) is 36.4. The molecule has 2 heteroatoms. The van der Waals surface area contributed by atoms with Crippen molar-refractivity contribution < 1.29 is 0 Å². The lowest BCUT2D eigenvalue weighted by Crippen LogP contribution is -2.15. The van der Waals surface area contributed by atoms with E-state index in [9.17, 15) is 0 Å². The smallest absolute Gasteiger partial charge is 0.0462 e. The molecule has 2 nitrogen and oxygen atoms in total. The molecule has 0 N–H and O–H groups in total. The molecule has 7 rings (SSSR count). The summed E-state index contributed by atoms with van der Waals surface area (Å²) in [6.07, 6.45) is 22.8. The lowest BCUT2D eigenvalue weighted by molar-refractivity contribution is 1.20. The fourth-order valence-electron chi connectivity index (χ4n) is 7.30. The molecule has 61 heavy (non-hydrogen) atoms. The molecular formula is C59H56N2.